The molecule has 1 heterocycles. The van der Waals surface area contributed by atoms with E-state index in [0.717, 1.165) is 24.0 Å². The highest BCUT2D eigenvalue weighted by Crippen LogP contribution is 2.57. The first-order valence-electron chi connectivity index (χ1n) is 9.76. The maximum absolute atomic E-state index is 13.0. The summed E-state index contributed by atoms with van der Waals surface area (Å²) in [5.74, 6) is -3.76. The molecule has 1 saturated carbocycles. The highest BCUT2D eigenvalue weighted by atomic mass is 16.6. The van der Waals surface area contributed by atoms with Gasteiger partial charge in [0.05, 0.1) is 12.0 Å². The van der Waals surface area contributed by atoms with E-state index in [9.17, 15) is 14.7 Å². The Morgan fingerprint density at radius 2 is 1.50 bits per heavy atom. The molecule has 4 rings (SSSR count). The average molecular weight is 379 g/mol. The first-order chi connectivity index (χ1) is 13.7. The van der Waals surface area contributed by atoms with E-state index >= 15 is 0 Å². The van der Waals surface area contributed by atoms with Crippen LogP contribution < -0.4 is 5.11 Å². The Hall–Kier alpha value is -2.66. The first kappa shape index (κ1) is 18.7. The molecule has 5 nitrogen and oxygen atoms in total. The van der Waals surface area contributed by atoms with Crippen molar-refractivity contribution in [1.82, 2.24) is 0 Å². The van der Waals surface area contributed by atoms with Gasteiger partial charge in [-0.1, -0.05) is 60.7 Å². The molecule has 1 saturated heterocycles. The summed E-state index contributed by atoms with van der Waals surface area (Å²) in [7, 11) is 0. The second kappa shape index (κ2) is 8.15. The summed E-state index contributed by atoms with van der Waals surface area (Å²) in [6.45, 7) is 0.909. The highest BCUT2D eigenvalue weighted by molar-refractivity contribution is 5.83. The predicted octanol–water partition coefficient (Wildman–Crippen LogP) is 2.27. The molecule has 0 N–H and O–H groups in total. The molecule has 3 atom stereocenters. The number of rotatable bonds is 6. The van der Waals surface area contributed by atoms with Crippen molar-refractivity contribution in [3.05, 3.63) is 71.8 Å². The van der Waals surface area contributed by atoms with Gasteiger partial charge in [-0.25, -0.2) is 0 Å². The van der Waals surface area contributed by atoms with Crippen molar-refractivity contribution in [3.63, 3.8) is 0 Å². The number of carbonyl (C=O) groups excluding carboxylic acids is 2. The Kier molecular flexibility index (Phi) is 5.44. The summed E-state index contributed by atoms with van der Waals surface area (Å²) in [6.07, 6.45) is 1.79. The van der Waals surface area contributed by atoms with E-state index in [1.807, 2.05) is 60.7 Å². The lowest BCUT2D eigenvalue weighted by molar-refractivity contribution is -0.317. The van der Waals surface area contributed by atoms with Crippen LogP contribution in [0.5, 0.6) is 0 Å². The number of hydrogen-bond acceptors (Lipinski definition) is 5. The quantitative estimate of drug-likeness (QED) is 0.720. The van der Waals surface area contributed by atoms with Crippen molar-refractivity contribution < 1.29 is 24.2 Å². The molecule has 28 heavy (non-hydrogen) atoms. The molecule has 2 aromatic carbocycles. The van der Waals surface area contributed by atoms with E-state index in [4.69, 9.17) is 9.47 Å². The van der Waals surface area contributed by atoms with Crippen LogP contribution in [0.25, 0.3) is 0 Å². The largest absolute Gasteiger partial charge is 0.550 e. The third-order valence-electron chi connectivity index (χ3n) is 5.90. The smallest absolute Gasteiger partial charge is 0.310 e. The third kappa shape index (κ3) is 3.54. The average Bonchev–Trinajstić information content (AvgIpc) is 3.21. The molecule has 0 aromatic heterocycles. The van der Waals surface area contributed by atoms with Crippen molar-refractivity contribution in [2.75, 3.05) is 13.2 Å². The van der Waals surface area contributed by atoms with Gasteiger partial charge in [-0.3, -0.25) is 4.79 Å². The van der Waals surface area contributed by atoms with Crippen LogP contribution >= 0.6 is 0 Å². The van der Waals surface area contributed by atoms with Crippen molar-refractivity contribution >= 4 is 11.9 Å². The van der Waals surface area contributed by atoms with Gasteiger partial charge in [0.2, 0.25) is 0 Å². The molecule has 2 aromatic rings. The summed E-state index contributed by atoms with van der Waals surface area (Å²) in [6, 6.07) is 18.6. The number of carboxylic acids is 1. The number of carbonyl (C=O) groups is 2. The summed E-state index contributed by atoms with van der Waals surface area (Å²) < 4.78 is 11.1. The van der Waals surface area contributed by atoms with Crippen LogP contribution in [0.4, 0.5) is 0 Å². The lowest BCUT2D eigenvalue weighted by Gasteiger charge is -2.51. The molecular weight excluding hydrogens is 356 g/mol. The number of benzene rings is 2. The lowest BCUT2D eigenvalue weighted by Crippen LogP contribution is -2.55. The standard InChI is InChI=1S/C23H24O5/c24-22(25)20-18(15-8-3-1-4-9-15)21(19(20)16-10-5-2-6-11-16)23(26)28-14-17-12-7-13-27-17/h1-6,8-11,17-21H,7,12-14H2,(H,24,25)/p-1/t17-,18+,19+,20?,21?/m0/s1. The predicted molar refractivity (Wildman–Crippen MR) is 100 cm³/mol. The van der Waals surface area contributed by atoms with Crippen LogP contribution in [0.15, 0.2) is 60.7 Å². The van der Waals surface area contributed by atoms with Crippen LogP contribution in [0.1, 0.15) is 35.8 Å². The molecule has 0 spiro atoms. The topological polar surface area (TPSA) is 75.7 Å². The van der Waals surface area contributed by atoms with Gasteiger partial charge in [0.25, 0.3) is 0 Å². The summed E-state index contributed by atoms with van der Waals surface area (Å²) in [5, 5.41) is 12.0. The molecule has 0 radical (unpaired) electrons. The van der Waals surface area contributed by atoms with Gasteiger partial charge in [0.1, 0.15) is 6.61 Å². The van der Waals surface area contributed by atoms with E-state index < -0.39 is 29.6 Å². The van der Waals surface area contributed by atoms with E-state index in [0.29, 0.717) is 6.61 Å². The second-order valence-electron chi connectivity index (χ2n) is 7.51. The number of ether oxygens (including phenoxy) is 2. The van der Waals surface area contributed by atoms with Gasteiger partial charge < -0.3 is 19.4 Å². The zero-order valence-corrected chi connectivity index (χ0v) is 15.5. The lowest BCUT2D eigenvalue weighted by atomic mass is 9.52. The minimum atomic E-state index is -1.13. The van der Waals surface area contributed by atoms with E-state index in [-0.39, 0.29) is 18.7 Å². The molecule has 2 aliphatic rings. The van der Waals surface area contributed by atoms with E-state index in [2.05, 4.69) is 0 Å². The Labute approximate surface area is 164 Å². The van der Waals surface area contributed by atoms with E-state index in [1.165, 1.54) is 0 Å². The number of hydrogen-bond donors (Lipinski definition) is 0. The highest BCUT2D eigenvalue weighted by Gasteiger charge is 2.56. The fourth-order valence-electron chi connectivity index (χ4n) is 4.56. The van der Waals surface area contributed by atoms with Crippen LogP contribution in [-0.2, 0) is 19.1 Å². The summed E-state index contributed by atoms with van der Waals surface area (Å²) >= 11 is 0. The summed E-state index contributed by atoms with van der Waals surface area (Å²) in [5.41, 5.74) is 1.64. The Bertz CT molecular complexity index is 766. The number of carboxylic acid groups (broad SMARTS) is 1. The van der Waals surface area contributed by atoms with E-state index in [1.54, 1.807) is 0 Å². The number of aliphatic carboxylic acids is 1. The fourth-order valence-corrected chi connectivity index (χ4v) is 4.56. The molecule has 1 aliphatic heterocycles. The Balaban J connectivity index is 1.62. The normalized spacial score (nSPS) is 29.1. The Morgan fingerprint density at radius 1 is 0.929 bits per heavy atom. The molecule has 5 heteroatoms. The second-order valence-corrected chi connectivity index (χ2v) is 7.51. The van der Waals surface area contributed by atoms with Crippen molar-refractivity contribution in [2.24, 2.45) is 11.8 Å². The van der Waals surface area contributed by atoms with Crippen LogP contribution in [0.3, 0.4) is 0 Å². The van der Waals surface area contributed by atoms with Gasteiger partial charge in [0, 0.05) is 30.3 Å². The van der Waals surface area contributed by atoms with Crippen molar-refractivity contribution in [2.45, 2.75) is 30.8 Å². The minimum Gasteiger partial charge on any atom is -0.550 e. The first-order valence-corrected chi connectivity index (χ1v) is 9.76. The number of esters is 1. The molecule has 0 bridgehead atoms. The maximum Gasteiger partial charge on any atom is 0.310 e. The SMILES string of the molecule is O=C([O-])C1[C@@H](c2ccccc2)C(C(=O)OC[C@@H]2CCCO2)[C@@H]1c1ccccc1. The molecular formula is C23H23O5-. The molecule has 1 aliphatic carbocycles. The monoisotopic (exact) mass is 379 g/mol. The van der Waals surface area contributed by atoms with Crippen LogP contribution in [0.2, 0.25) is 0 Å². The van der Waals surface area contributed by atoms with Crippen molar-refractivity contribution in [1.29, 1.82) is 0 Å². The molecule has 146 valence electrons. The van der Waals surface area contributed by atoms with Gasteiger partial charge >= 0.3 is 5.97 Å². The molecule has 0 amide bonds. The van der Waals surface area contributed by atoms with Gasteiger partial charge in [-0.15, -0.1) is 0 Å². The summed E-state index contributed by atoms with van der Waals surface area (Å²) in [4.78, 5) is 25.0. The third-order valence-corrected chi connectivity index (χ3v) is 5.90. The van der Waals surface area contributed by atoms with Crippen LogP contribution in [0, 0.1) is 11.8 Å². The maximum atomic E-state index is 13.0. The van der Waals surface area contributed by atoms with Gasteiger partial charge in [-0.05, 0) is 24.0 Å². The van der Waals surface area contributed by atoms with Gasteiger partial charge in [-0.2, -0.15) is 0 Å². The van der Waals surface area contributed by atoms with Crippen LogP contribution in [-0.4, -0.2) is 31.3 Å². The zero-order valence-electron chi connectivity index (χ0n) is 15.5. The molecule has 0 unspecified atom stereocenters. The van der Waals surface area contributed by atoms with Crippen molar-refractivity contribution in [3.8, 4) is 0 Å². The fraction of sp³-hybridized carbons (Fsp3) is 0.391. The zero-order chi connectivity index (χ0) is 19.5. The molecule has 2 fully saturated rings. The minimum absolute atomic E-state index is 0.0636. The Morgan fingerprint density at radius 3 is 1.96 bits per heavy atom. The van der Waals surface area contributed by atoms with Gasteiger partial charge in [0.15, 0.2) is 0 Å².